The van der Waals surface area contributed by atoms with Crippen LogP contribution >= 0.6 is 0 Å². The zero-order valence-electron chi connectivity index (χ0n) is 36.2. The molecule has 3 aromatic rings. The van der Waals surface area contributed by atoms with Crippen molar-refractivity contribution in [3.05, 3.63) is 90.0 Å². The number of likely N-dealkylation sites (N-methyl/N-ethyl adjacent to an activating group) is 1. The number of aromatic amines is 1. The van der Waals surface area contributed by atoms with E-state index < -0.39 is 71.4 Å². The van der Waals surface area contributed by atoms with Crippen molar-refractivity contribution >= 4 is 29.9 Å². The van der Waals surface area contributed by atoms with Gasteiger partial charge in [-0.1, -0.05) is 92.8 Å². The lowest BCUT2D eigenvalue weighted by Gasteiger charge is -2.34. The molecule has 1 heterocycles. The summed E-state index contributed by atoms with van der Waals surface area (Å²) in [7, 11) is 1.55. The quantitative estimate of drug-likeness (QED) is 0.102. The SMILES string of the molecule is CN(C[C@H](O)[C@H](CC1CCCCC1)NC(=O)[C@H](Cc1cnc[nH]1)NC(=O)[C@H](Cc1ccccc1)NC(=O)OC(C)(C)C)C(=O)[C@H](Cc1ccccc1)NC(=O)OC(C)(C)C. The number of rotatable bonds is 18. The molecule has 1 aliphatic carbocycles. The van der Waals surface area contributed by atoms with Gasteiger partial charge in [-0.25, -0.2) is 14.6 Å². The van der Waals surface area contributed by atoms with Crippen molar-refractivity contribution < 1.29 is 38.6 Å². The standard InChI is InChI=1S/C45H65N7O8/c1-44(2,3)59-42(57)50-35(24-31-19-13-9-14-20-31)39(54)49-36(26-33-27-46-29-47-33)40(55)48-34(23-30-17-11-8-12-18-30)38(53)28-52(7)41(56)37(25-32-21-15-10-16-22-32)51-43(58)60-45(4,5)6/h9-10,13-16,19-22,27,29-30,34-38,53H,8,11-12,17-18,23-26,28H2,1-7H3,(H,46,47)(H,48,55)(H,49,54)(H,50,57)(H,51,58)/t34-,35-,36-,37-,38-/m0/s1. The Morgan fingerprint density at radius 1 is 0.733 bits per heavy atom. The molecule has 4 rings (SSSR count). The number of imidazole rings is 1. The minimum Gasteiger partial charge on any atom is -0.444 e. The van der Waals surface area contributed by atoms with Crippen LogP contribution in [0.1, 0.15) is 96.9 Å². The van der Waals surface area contributed by atoms with Gasteiger partial charge in [0.25, 0.3) is 0 Å². The first kappa shape index (κ1) is 47.2. The third-order valence-electron chi connectivity index (χ3n) is 10.1. The maximum Gasteiger partial charge on any atom is 0.408 e. The lowest BCUT2D eigenvalue weighted by molar-refractivity contribution is -0.134. The van der Waals surface area contributed by atoms with E-state index >= 15 is 0 Å². The third-order valence-corrected chi connectivity index (χ3v) is 10.1. The summed E-state index contributed by atoms with van der Waals surface area (Å²) in [5.74, 6) is -1.40. The fourth-order valence-electron chi connectivity index (χ4n) is 7.25. The number of carbonyl (C=O) groups is 5. The van der Waals surface area contributed by atoms with Crippen molar-refractivity contribution in [2.75, 3.05) is 13.6 Å². The van der Waals surface area contributed by atoms with E-state index in [-0.39, 0.29) is 31.7 Å². The molecule has 15 heteroatoms. The molecule has 328 valence electrons. The summed E-state index contributed by atoms with van der Waals surface area (Å²) in [6, 6.07) is 14.4. The van der Waals surface area contributed by atoms with Crippen LogP contribution < -0.4 is 21.3 Å². The maximum atomic E-state index is 14.4. The molecule has 5 atom stereocenters. The summed E-state index contributed by atoms with van der Waals surface area (Å²) in [4.78, 5) is 76.8. The number of hydrogen-bond acceptors (Lipinski definition) is 9. The van der Waals surface area contributed by atoms with Crippen LogP contribution in [0.5, 0.6) is 0 Å². The molecule has 1 aromatic heterocycles. The van der Waals surface area contributed by atoms with Gasteiger partial charge in [0.05, 0.1) is 18.5 Å². The average molecular weight is 832 g/mol. The van der Waals surface area contributed by atoms with Gasteiger partial charge in [0.1, 0.15) is 29.3 Å². The number of H-pyrrole nitrogens is 1. The van der Waals surface area contributed by atoms with Crippen LogP contribution in [0.2, 0.25) is 0 Å². The molecule has 0 aliphatic heterocycles. The summed E-state index contributed by atoms with van der Waals surface area (Å²) in [5.41, 5.74) is 0.576. The first-order valence-electron chi connectivity index (χ1n) is 20.9. The molecule has 2 aromatic carbocycles. The molecule has 15 nitrogen and oxygen atoms in total. The summed E-state index contributed by atoms with van der Waals surface area (Å²) in [5, 5.41) is 23.2. The molecular weight excluding hydrogens is 767 g/mol. The van der Waals surface area contributed by atoms with Gasteiger partial charge < -0.3 is 45.7 Å². The molecular formula is C45H65N7O8. The Bertz CT molecular complexity index is 1810. The number of benzene rings is 2. The molecule has 0 bridgehead atoms. The predicted octanol–water partition coefficient (Wildman–Crippen LogP) is 4.98. The lowest BCUT2D eigenvalue weighted by Crippen LogP contribution is -2.59. The molecule has 1 saturated carbocycles. The highest BCUT2D eigenvalue weighted by Gasteiger charge is 2.35. The maximum absolute atomic E-state index is 14.4. The molecule has 0 saturated heterocycles. The van der Waals surface area contributed by atoms with E-state index in [0.29, 0.717) is 12.1 Å². The normalized spacial score (nSPS) is 15.9. The van der Waals surface area contributed by atoms with Crippen LogP contribution in [0.4, 0.5) is 9.59 Å². The number of aromatic nitrogens is 2. The van der Waals surface area contributed by atoms with E-state index in [1.807, 2.05) is 60.7 Å². The topological polar surface area (TPSA) is 204 Å². The van der Waals surface area contributed by atoms with Gasteiger partial charge in [-0.05, 0) is 65.0 Å². The van der Waals surface area contributed by atoms with Gasteiger partial charge >= 0.3 is 12.2 Å². The highest BCUT2D eigenvalue weighted by Crippen LogP contribution is 2.28. The van der Waals surface area contributed by atoms with E-state index in [1.54, 1.807) is 54.8 Å². The molecule has 5 amide bonds. The largest absolute Gasteiger partial charge is 0.444 e. The van der Waals surface area contributed by atoms with Crippen molar-refractivity contribution in [3.63, 3.8) is 0 Å². The van der Waals surface area contributed by atoms with E-state index in [4.69, 9.17) is 9.47 Å². The first-order chi connectivity index (χ1) is 28.3. The number of carbonyl (C=O) groups excluding carboxylic acids is 5. The van der Waals surface area contributed by atoms with Crippen molar-refractivity contribution in [3.8, 4) is 0 Å². The first-order valence-corrected chi connectivity index (χ1v) is 20.9. The number of amides is 5. The second-order valence-corrected chi connectivity index (χ2v) is 17.8. The van der Waals surface area contributed by atoms with Crippen LogP contribution in [0.3, 0.4) is 0 Å². The zero-order chi connectivity index (χ0) is 43.9. The van der Waals surface area contributed by atoms with Crippen molar-refractivity contribution in [1.29, 1.82) is 0 Å². The predicted molar refractivity (Wildman–Crippen MR) is 228 cm³/mol. The van der Waals surface area contributed by atoms with Crippen LogP contribution in [-0.2, 0) is 43.1 Å². The van der Waals surface area contributed by atoms with Crippen molar-refractivity contribution in [2.24, 2.45) is 5.92 Å². The summed E-state index contributed by atoms with van der Waals surface area (Å²) < 4.78 is 10.9. The van der Waals surface area contributed by atoms with Gasteiger partial charge in [-0.2, -0.15) is 0 Å². The molecule has 60 heavy (non-hydrogen) atoms. The Kier molecular flexibility index (Phi) is 17.5. The summed E-state index contributed by atoms with van der Waals surface area (Å²) >= 11 is 0. The highest BCUT2D eigenvalue weighted by atomic mass is 16.6. The Balaban J connectivity index is 1.56. The van der Waals surface area contributed by atoms with Crippen LogP contribution in [0.15, 0.2) is 73.2 Å². The Morgan fingerprint density at radius 2 is 1.23 bits per heavy atom. The van der Waals surface area contributed by atoms with Gasteiger partial charge in [0.15, 0.2) is 0 Å². The summed E-state index contributed by atoms with van der Waals surface area (Å²) in [6.07, 6.45) is 6.10. The lowest BCUT2D eigenvalue weighted by atomic mass is 9.83. The van der Waals surface area contributed by atoms with E-state index in [2.05, 4.69) is 31.2 Å². The van der Waals surface area contributed by atoms with Crippen LogP contribution in [-0.4, -0.2) is 105 Å². The minimum atomic E-state index is -1.22. The Labute approximate surface area is 354 Å². The number of nitrogens with one attached hydrogen (secondary N) is 5. The third kappa shape index (κ3) is 16.7. The molecule has 1 fully saturated rings. The van der Waals surface area contributed by atoms with E-state index in [0.717, 1.165) is 43.2 Å². The number of aliphatic hydroxyl groups excluding tert-OH is 1. The Morgan fingerprint density at radius 3 is 1.75 bits per heavy atom. The fourth-order valence-corrected chi connectivity index (χ4v) is 7.25. The number of nitrogens with zero attached hydrogens (tertiary/aromatic N) is 2. The molecule has 0 radical (unpaired) electrons. The van der Waals surface area contributed by atoms with E-state index in [1.165, 1.54) is 11.2 Å². The summed E-state index contributed by atoms with van der Waals surface area (Å²) in [6.45, 7) is 10.2. The smallest absolute Gasteiger partial charge is 0.408 e. The monoisotopic (exact) mass is 831 g/mol. The van der Waals surface area contributed by atoms with Gasteiger partial charge in [0.2, 0.25) is 17.7 Å². The minimum absolute atomic E-state index is 0.0319. The number of hydrogen-bond donors (Lipinski definition) is 6. The van der Waals surface area contributed by atoms with Crippen LogP contribution in [0, 0.1) is 5.92 Å². The number of ether oxygens (including phenoxy) is 2. The Hall–Kier alpha value is -5.44. The zero-order valence-corrected chi connectivity index (χ0v) is 36.2. The average Bonchev–Trinajstić information content (AvgIpc) is 3.69. The molecule has 0 spiro atoms. The van der Waals surface area contributed by atoms with E-state index in [9.17, 15) is 29.1 Å². The van der Waals surface area contributed by atoms with Gasteiger partial charge in [-0.15, -0.1) is 0 Å². The van der Waals surface area contributed by atoms with Crippen LogP contribution in [0.25, 0.3) is 0 Å². The fraction of sp³-hybridized carbons (Fsp3) is 0.556. The second-order valence-electron chi connectivity index (χ2n) is 17.8. The van der Waals surface area contributed by atoms with Gasteiger partial charge in [0, 0.05) is 44.7 Å². The number of aliphatic hydroxyl groups is 1. The van der Waals surface area contributed by atoms with Crippen molar-refractivity contribution in [1.82, 2.24) is 36.1 Å². The molecule has 6 N–H and O–H groups in total. The molecule has 0 unspecified atom stereocenters. The van der Waals surface area contributed by atoms with Crippen molar-refractivity contribution in [2.45, 2.75) is 141 Å². The second kappa shape index (κ2) is 22.2. The molecule has 1 aliphatic rings. The number of alkyl carbamates (subject to hydrolysis) is 2. The van der Waals surface area contributed by atoms with Gasteiger partial charge in [-0.3, -0.25) is 14.4 Å². The highest BCUT2D eigenvalue weighted by molar-refractivity contribution is 5.92.